The number of amides is 1. The van der Waals surface area contributed by atoms with E-state index in [9.17, 15) is 14.9 Å². The molecule has 1 aliphatic heterocycles. The molecule has 9 nitrogen and oxygen atoms in total. The second-order valence-electron chi connectivity index (χ2n) is 7.74. The van der Waals surface area contributed by atoms with Crippen molar-refractivity contribution < 1.29 is 9.72 Å². The fourth-order valence-corrected chi connectivity index (χ4v) is 3.52. The molecular formula is C21H28N6O3. The molecule has 1 aromatic carbocycles. The van der Waals surface area contributed by atoms with Crippen LogP contribution in [0.1, 0.15) is 49.7 Å². The maximum absolute atomic E-state index is 12.2. The van der Waals surface area contributed by atoms with Crippen molar-refractivity contribution in [2.75, 3.05) is 23.3 Å². The molecule has 0 saturated carbocycles. The van der Waals surface area contributed by atoms with E-state index in [1.807, 2.05) is 19.9 Å². The summed E-state index contributed by atoms with van der Waals surface area (Å²) in [5.74, 6) is 0.607. The smallest absolute Gasteiger partial charge is 0.293 e. The van der Waals surface area contributed by atoms with Crippen molar-refractivity contribution in [1.29, 1.82) is 0 Å². The Hall–Kier alpha value is -3.23. The van der Waals surface area contributed by atoms with Crippen molar-refractivity contribution in [2.45, 2.75) is 52.1 Å². The minimum Gasteiger partial charge on any atom is -0.377 e. The number of aryl methyl sites for hydroxylation is 1. The van der Waals surface area contributed by atoms with Gasteiger partial charge in [0.25, 0.3) is 11.6 Å². The second-order valence-corrected chi connectivity index (χ2v) is 7.74. The van der Waals surface area contributed by atoms with Crippen LogP contribution in [0.5, 0.6) is 0 Å². The third-order valence-electron chi connectivity index (χ3n) is 5.13. The molecule has 1 aromatic heterocycles. The van der Waals surface area contributed by atoms with Crippen LogP contribution in [-0.4, -0.2) is 46.0 Å². The molecule has 2 N–H and O–H groups in total. The van der Waals surface area contributed by atoms with Crippen LogP contribution < -0.4 is 15.5 Å². The minimum atomic E-state index is -0.448. The van der Waals surface area contributed by atoms with E-state index >= 15 is 0 Å². The summed E-state index contributed by atoms with van der Waals surface area (Å²) in [6, 6.07) is 6.67. The van der Waals surface area contributed by atoms with Gasteiger partial charge in [-0.3, -0.25) is 14.9 Å². The van der Waals surface area contributed by atoms with E-state index in [1.54, 1.807) is 18.5 Å². The molecule has 160 valence electrons. The summed E-state index contributed by atoms with van der Waals surface area (Å²) in [6.07, 6.45) is 4.12. The molecule has 30 heavy (non-hydrogen) atoms. The first-order chi connectivity index (χ1) is 14.4. The van der Waals surface area contributed by atoms with Crippen molar-refractivity contribution in [2.24, 2.45) is 0 Å². The third-order valence-corrected chi connectivity index (χ3v) is 5.13. The van der Waals surface area contributed by atoms with Gasteiger partial charge in [-0.25, -0.2) is 9.97 Å². The number of nitrogens with zero attached hydrogens (tertiary/aromatic N) is 4. The van der Waals surface area contributed by atoms with Crippen LogP contribution in [0.25, 0.3) is 0 Å². The molecule has 1 amide bonds. The monoisotopic (exact) mass is 412 g/mol. The highest BCUT2D eigenvalue weighted by molar-refractivity contribution is 5.95. The number of hydrogen-bond acceptors (Lipinski definition) is 7. The number of anilines is 2. The lowest BCUT2D eigenvalue weighted by Gasteiger charge is -2.33. The van der Waals surface area contributed by atoms with E-state index in [0.717, 1.165) is 43.9 Å². The predicted octanol–water partition coefficient (Wildman–Crippen LogP) is 3.17. The molecule has 0 atom stereocenters. The second kappa shape index (κ2) is 9.51. The van der Waals surface area contributed by atoms with Gasteiger partial charge in [0.15, 0.2) is 0 Å². The summed E-state index contributed by atoms with van der Waals surface area (Å²) in [4.78, 5) is 34.1. The van der Waals surface area contributed by atoms with Gasteiger partial charge in [-0.2, -0.15) is 0 Å². The Bertz CT molecular complexity index is 909. The zero-order valence-corrected chi connectivity index (χ0v) is 17.6. The summed E-state index contributed by atoms with van der Waals surface area (Å²) in [5.41, 5.74) is 1.65. The van der Waals surface area contributed by atoms with Crippen LogP contribution in [0.4, 0.5) is 17.2 Å². The lowest BCUT2D eigenvalue weighted by atomic mass is 10.0. The average Bonchev–Trinajstić information content (AvgIpc) is 2.74. The molecular weight excluding hydrogens is 384 g/mol. The Morgan fingerprint density at radius 1 is 1.27 bits per heavy atom. The first kappa shape index (κ1) is 21.5. The van der Waals surface area contributed by atoms with Gasteiger partial charge in [0, 0.05) is 48.6 Å². The highest BCUT2D eigenvalue weighted by atomic mass is 16.6. The highest BCUT2D eigenvalue weighted by Crippen LogP contribution is 2.28. The molecule has 3 rings (SSSR count). The number of hydrogen-bond donors (Lipinski definition) is 2. The minimum absolute atomic E-state index is 0.0390. The summed E-state index contributed by atoms with van der Waals surface area (Å²) >= 11 is 0. The van der Waals surface area contributed by atoms with Crippen LogP contribution in [-0.2, 0) is 6.42 Å². The Balaban J connectivity index is 1.66. The van der Waals surface area contributed by atoms with Gasteiger partial charge in [-0.05, 0) is 45.2 Å². The molecule has 2 heterocycles. The molecule has 1 aliphatic rings. The average molecular weight is 412 g/mol. The lowest BCUT2D eigenvalue weighted by Crippen LogP contribution is -2.39. The van der Waals surface area contributed by atoms with Crippen molar-refractivity contribution in [3.63, 3.8) is 0 Å². The van der Waals surface area contributed by atoms with Gasteiger partial charge in [0.1, 0.15) is 17.8 Å². The van der Waals surface area contributed by atoms with Gasteiger partial charge < -0.3 is 15.5 Å². The Morgan fingerprint density at radius 3 is 2.63 bits per heavy atom. The van der Waals surface area contributed by atoms with E-state index in [4.69, 9.17) is 0 Å². The maximum atomic E-state index is 12.2. The Labute approximate surface area is 176 Å². The van der Waals surface area contributed by atoms with Gasteiger partial charge in [-0.15, -0.1) is 0 Å². The van der Waals surface area contributed by atoms with Crippen molar-refractivity contribution in [3.05, 3.63) is 52.0 Å². The van der Waals surface area contributed by atoms with E-state index in [1.165, 1.54) is 6.07 Å². The van der Waals surface area contributed by atoms with Crippen LogP contribution in [0.15, 0.2) is 30.6 Å². The quantitative estimate of drug-likeness (QED) is 0.530. The molecule has 0 radical (unpaired) electrons. The van der Waals surface area contributed by atoms with Crippen molar-refractivity contribution in [1.82, 2.24) is 15.3 Å². The fraction of sp³-hybridized carbons (Fsp3) is 0.476. The Kier molecular flexibility index (Phi) is 6.81. The van der Waals surface area contributed by atoms with Crippen molar-refractivity contribution in [3.8, 4) is 0 Å². The van der Waals surface area contributed by atoms with E-state index in [-0.39, 0.29) is 29.2 Å². The van der Waals surface area contributed by atoms with Crippen LogP contribution in [0, 0.1) is 10.1 Å². The Morgan fingerprint density at radius 2 is 2.00 bits per heavy atom. The molecule has 1 saturated heterocycles. The van der Waals surface area contributed by atoms with Gasteiger partial charge in [-0.1, -0.05) is 6.92 Å². The lowest BCUT2D eigenvalue weighted by molar-refractivity contribution is -0.384. The summed E-state index contributed by atoms with van der Waals surface area (Å²) in [5, 5.41) is 17.6. The number of nitro benzene ring substituents is 1. The molecule has 0 spiro atoms. The maximum Gasteiger partial charge on any atom is 0.293 e. The standard InChI is InChI=1S/C21H28N6O3/c1-4-16-12-20(23-13-22-16)26-9-7-17(8-10-26)25-18-6-5-15(11-19(18)27(29)30)21(28)24-14(2)3/h5-6,11-14,17,25H,4,7-10H2,1-3H3,(H,24,28). The number of nitrogens with one attached hydrogen (secondary N) is 2. The van der Waals surface area contributed by atoms with Gasteiger partial charge in [0.05, 0.1) is 4.92 Å². The number of aromatic nitrogens is 2. The number of rotatable bonds is 7. The van der Waals surface area contributed by atoms with Gasteiger partial charge in [0.2, 0.25) is 0 Å². The number of benzene rings is 1. The first-order valence-electron chi connectivity index (χ1n) is 10.3. The van der Waals surface area contributed by atoms with Crippen LogP contribution in [0.2, 0.25) is 0 Å². The van der Waals surface area contributed by atoms with E-state index in [0.29, 0.717) is 5.69 Å². The molecule has 0 aliphatic carbocycles. The molecule has 1 fully saturated rings. The number of nitro groups is 1. The highest BCUT2D eigenvalue weighted by Gasteiger charge is 2.24. The third kappa shape index (κ3) is 5.22. The molecule has 9 heteroatoms. The zero-order chi connectivity index (χ0) is 21.7. The van der Waals surface area contributed by atoms with E-state index < -0.39 is 4.92 Å². The summed E-state index contributed by atoms with van der Waals surface area (Å²) in [7, 11) is 0. The number of piperidine rings is 1. The molecule has 2 aromatic rings. The largest absolute Gasteiger partial charge is 0.377 e. The summed E-state index contributed by atoms with van der Waals surface area (Å²) in [6.45, 7) is 7.37. The number of carbonyl (C=O) groups excluding carboxylic acids is 1. The topological polar surface area (TPSA) is 113 Å². The predicted molar refractivity (Wildman–Crippen MR) is 116 cm³/mol. The van der Waals surface area contributed by atoms with Crippen molar-refractivity contribution >= 4 is 23.1 Å². The van der Waals surface area contributed by atoms with Crippen LogP contribution in [0.3, 0.4) is 0 Å². The molecule has 0 unspecified atom stereocenters. The normalized spacial score (nSPS) is 14.6. The zero-order valence-electron chi connectivity index (χ0n) is 17.6. The number of carbonyl (C=O) groups is 1. The van der Waals surface area contributed by atoms with Gasteiger partial charge >= 0.3 is 0 Å². The van der Waals surface area contributed by atoms with E-state index in [2.05, 4.69) is 32.4 Å². The molecule has 0 bridgehead atoms. The fourth-order valence-electron chi connectivity index (χ4n) is 3.52. The SMILES string of the molecule is CCc1cc(N2CCC(Nc3ccc(C(=O)NC(C)C)cc3[N+](=O)[O-])CC2)ncn1. The first-order valence-corrected chi connectivity index (χ1v) is 10.3. The summed E-state index contributed by atoms with van der Waals surface area (Å²) < 4.78 is 0. The van der Waals surface area contributed by atoms with Crippen LogP contribution >= 0.6 is 0 Å².